The highest BCUT2D eigenvalue weighted by molar-refractivity contribution is 5.88. The van der Waals surface area contributed by atoms with Crippen LogP contribution in [0.3, 0.4) is 0 Å². The normalized spacial score (nSPS) is 20.1. The lowest BCUT2D eigenvalue weighted by Crippen LogP contribution is -2.29. The summed E-state index contributed by atoms with van der Waals surface area (Å²) in [7, 11) is 0. The molecule has 0 amide bonds. The maximum absolute atomic E-state index is 3.53. The van der Waals surface area contributed by atoms with Crippen molar-refractivity contribution in [3.8, 4) is 0 Å². The maximum atomic E-state index is 3.53. The molecule has 2 aromatic rings. The molecule has 102 valence electrons. The van der Waals surface area contributed by atoms with Crippen molar-refractivity contribution in [2.45, 2.75) is 12.3 Å². The van der Waals surface area contributed by atoms with Crippen molar-refractivity contribution >= 4 is 18.0 Å². The van der Waals surface area contributed by atoms with Crippen LogP contribution in [-0.4, -0.2) is 13.1 Å². The number of hydrogen-bond acceptors (Lipinski definition) is 1. The predicted octanol–water partition coefficient (Wildman–Crippen LogP) is 4.00. The quantitative estimate of drug-likeness (QED) is 0.834. The number of hydrogen-bond donors (Lipinski definition) is 1. The molecule has 0 aromatic heterocycles. The highest BCUT2D eigenvalue weighted by Crippen LogP contribution is 2.46. The molecule has 2 aromatic carbocycles. The summed E-state index contributed by atoms with van der Waals surface area (Å²) in [5.74, 6) is 0.583. The lowest BCUT2D eigenvalue weighted by molar-refractivity contribution is 0.564. The van der Waals surface area contributed by atoms with E-state index in [1.807, 2.05) is 0 Å². The van der Waals surface area contributed by atoms with E-state index < -0.39 is 0 Å². The fraction of sp³-hybridized carbons (Fsp3) is 0.222. The van der Waals surface area contributed by atoms with E-state index in [0.717, 1.165) is 13.1 Å². The van der Waals surface area contributed by atoms with E-state index in [2.05, 4.69) is 59.9 Å². The molecule has 1 saturated heterocycles. The third kappa shape index (κ3) is 1.98. The van der Waals surface area contributed by atoms with Crippen LogP contribution in [0, 0.1) is 0 Å². The first-order valence-corrected chi connectivity index (χ1v) is 7.03. The minimum atomic E-state index is 0. The van der Waals surface area contributed by atoms with Crippen LogP contribution in [0.1, 0.15) is 29.0 Å². The Kier molecular flexibility index (Phi) is 3.64. The molecule has 20 heavy (non-hydrogen) atoms. The second kappa shape index (κ2) is 5.43. The first kappa shape index (κ1) is 13.4. The highest BCUT2D eigenvalue weighted by atomic mass is 35.5. The van der Waals surface area contributed by atoms with E-state index in [9.17, 15) is 0 Å². The van der Waals surface area contributed by atoms with Crippen LogP contribution < -0.4 is 5.32 Å². The van der Waals surface area contributed by atoms with Gasteiger partial charge in [-0.05, 0) is 35.2 Å². The lowest BCUT2D eigenvalue weighted by Gasteiger charge is -2.23. The van der Waals surface area contributed by atoms with Gasteiger partial charge in [-0.1, -0.05) is 60.2 Å². The molecule has 1 aliphatic carbocycles. The van der Waals surface area contributed by atoms with Gasteiger partial charge in [-0.3, -0.25) is 0 Å². The number of halogens is 1. The van der Waals surface area contributed by atoms with E-state index >= 15 is 0 Å². The maximum Gasteiger partial charge on any atom is 0.0189 e. The molecule has 1 heterocycles. The average molecular weight is 284 g/mol. The Bertz CT molecular complexity index is 645. The summed E-state index contributed by atoms with van der Waals surface area (Å²) in [6.45, 7) is 2.19. The van der Waals surface area contributed by atoms with Gasteiger partial charge in [-0.15, -0.1) is 12.4 Å². The van der Waals surface area contributed by atoms with E-state index in [0.29, 0.717) is 5.92 Å². The minimum absolute atomic E-state index is 0. The van der Waals surface area contributed by atoms with Gasteiger partial charge in [-0.2, -0.15) is 0 Å². The van der Waals surface area contributed by atoms with Crippen LogP contribution in [0.5, 0.6) is 0 Å². The summed E-state index contributed by atoms with van der Waals surface area (Å²) in [5.41, 5.74) is 7.43. The Hall–Kier alpha value is -1.57. The standard InChI is InChI=1S/C18H17N.ClH/c1-2-6-13(7-3-1)18-15-9-5-4-8-14(15)17-12-19-11-10-16(17)18;/h1-9,17,19H,10-12H2;1H. The predicted molar refractivity (Wildman–Crippen MR) is 86.4 cm³/mol. The van der Waals surface area contributed by atoms with Crippen molar-refractivity contribution in [2.24, 2.45) is 0 Å². The third-order valence-corrected chi connectivity index (χ3v) is 4.33. The molecule has 1 nitrogen and oxygen atoms in total. The van der Waals surface area contributed by atoms with Crippen LogP contribution in [0.2, 0.25) is 0 Å². The van der Waals surface area contributed by atoms with Crippen molar-refractivity contribution in [3.63, 3.8) is 0 Å². The SMILES string of the molecule is Cl.c1ccc(C2=C3CCNCC3c3ccccc32)cc1. The lowest BCUT2D eigenvalue weighted by atomic mass is 9.90. The monoisotopic (exact) mass is 283 g/mol. The molecular weight excluding hydrogens is 266 g/mol. The molecule has 0 spiro atoms. The van der Waals surface area contributed by atoms with Gasteiger partial charge in [0.25, 0.3) is 0 Å². The molecule has 0 radical (unpaired) electrons. The zero-order valence-corrected chi connectivity index (χ0v) is 12.1. The van der Waals surface area contributed by atoms with E-state index in [1.165, 1.54) is 28.7 Å². The summed E-state index contributed by atoms with van der Waals surface area (Å²) < 4.78 is 0. The molecule has 4 rings (SSSR count). The minimum Gasteiger partial charge on any atom is -0.315 e. The van der Waals surface area contributed by atoms with Gasteiger partial charge in [0.15, 0.2) is 0 Å². The molecule has 1 aliphatic heterocycles. The summed E-state index contributed by atoms with van der Waals surface area (Å²) in [6, 6.07) is 19.8. The van der Waals surface area contributed by atoms with Crippen LogP contribution in [0.25, 0.3) is 5.57 Å². The molecular formula is C18H18ClN. The van der Waals surface area contributed by atoms with Crippen molar-refractivity contribution in [1.82, 2.24) is 5.32 Å². The van der Waals surface area contributed by atoms with Gasteiger partial charge in [0.2, 0.25) is 0 Å². The van der Waals surface area contributed by atoms with Crippen LogP contribution in [0.4, 0.5) is 0 Å². The largest absolute Gasteiger partial charge is 0.315 e. The van der Waals surface area contributed by atoms with Gasteiger partial charge in [0, 0.05) is 12.5 Å². The Morgan fingerprint density at radius 1 is 0.900 bits per heavy atom. The van der Waals surface area contributed by atoms with Crippen LogP contribution in [0.15, 0.2) is 60.2 Å². The molecule has 2 heteroatoms. The van der Waals surface area contributed by atoms with Gasteiger partial charge in [0.05, 0.1) is 0 Å². The van der Waals surface area contributed by atoms with Crippen molar-refractivity contribution < 1.29 is 0 Å². The van der Waals surface area contributed by atoms with Gasteiger partial charge in [0.1, 0.15) is 0 Å². The second-order valence-electron chi connectivity index (χ2n) is 5.36. The van der Waals surface area contributed by atoms with Crippen molar-refractivity contribution in [3.05, 3.63) is 76.9 Å². The fourth-order valence-electron chi connectivity index (χ4n) is 3.51. The van der Waals surface area contributed by atoms with Crippen molar-refractivity contribution in [1.29, 1.82) is 0 Å². The highest BCUT2D eigenvalue weighted by Gasteiger charge is 2.32. The van der Waals surface area contributed by atoms with E-state index in [-0.39, 0.29) is 12.4 Å². The molecule has 1 N–H and O–H groups in total. The first-order valence-electron chi connectivity index (χ1n) is 7.03. The smallest absolute Gasteiger partial charge is 0.0189 e. The van der Waals surface area contributed by atoms with Gasteiger partial charge < -0.3 is 5.32 Å². The number of piperidine rings is 1. The number of benzene rings is 2. The second-order valence-corrected chi connectivity index (χ2v) is 5.36. The third-order valence-electron chi connectivity index (χ3n) is 4.33. The number of fused-ring (bicyclic) bond motifs is 3. The zero-order chi connectivity index (χ0) is 12.7. The summed E-state index contributed by atoms with van der Waals surface area (Å²) in [6.07, 6.45) is 1.17. The van der Waals surface area contributed by atoms with Crippen LogP contribution >= 0.6 is 12.4 Å². The van der Waals surface area contributed by atoms with E-state index in [1.54, 1.807) is 5.57 Å². The van der Waals surface area contributed by atoms with Gasteiger partial charge >= 0.3 is 0 Å². The Morgan fingerprint density at radius 2 is 1.65 bits per heavy atom. The molecule has 2 aliphatic rings. The average Bonchev–Trinajstić information content (AvgIpc) is 2.83. The van der Waals surface area contributed by atoms with Gasteiger partial charge in [-0.25, -0.2) is 0 Å². The summed E-state index contributed by atoms with van der Waals surface area (Å²) in [4.78, 5) is 0. The van der Waals surface area contributed by atoms with Crippen molar-refractivity contribution in [2.75, 3.05) is 13.1 Å². The van der Waals surface area contributed by atoms with Crippen LogP contribution in [-0.2, 0) is 0 Å². The Labute approximate surface area is 126 Å². The van der Waals surface area contributed by atoms with E-state index in [4.69, 9.17) is 0 Å². The molecule has 0 bridgehead atoms. The summed E-state index contributed by atoms with van der Waals surface area (Å²) >= 11 is 0. The topological polar surface area (TPSA) is 12.0 Å². The molecule has 1 fully saturated rings. The zero-order valence-electron chi connectivity index (χ0n) is 11.3. The molecule has 0 saturated carbocycles. The first-order chi connectivity index (χ1) is 9.45. The molecule has 1 unspecified atom stereocenters. The fourth-order valence-corrected chi connectivity index (χ4v) is 3.51. The molecule has 1 atom stereocenters. The summed E-state index contributed by atoms with van der Waals surface area (Å²) in [5, 5.41) is 3.53. The Morgan fingerprint density at radius 3 is 2.50 bits per heavy atom. The number of nitrogens with one attached hydrogen (secondary N) is 1. The number of rotatable bonds is 1. The Balaban J connectivity index is 0.00000121.